The number of aryl methyl sites for hydroxylation is 1. The van der Waals surface area contributed by atoms with Gasteiger partial charge in [0.1, 0.15) is 12.1 Å². The molecule has 0 aliphatic carbocycles. The molecule has 11 heteroatoms. The second-order valence-electron chi connectivity index (χ2n) is 7.27. The third kappa shape index (κ3) is 4.64. The molecule has 0 atom stereocenters. The van der Waals surface area contributed by atoms with Gasteiger partial charge in [0.05, 0.1) is 28.9 Å². The Morgan fingerprint density at radius 1 is 1.12 bits per heavy atom. The van der Waals surface area contributed by atoms with Crippen LogP contribution in [0.3, 0.4) is 0 Å². The first-order valence-electron chi connectivity index (χ1n) is 10.2. The number of nitrogens with one attached hydrogen (secondary N) is 1. The minimum atomic E-state index is -4.16. The van der Waals surface area contributed by atoms with Crippen molar-refractivity contribution in [1.29, 1.82) is 0 Å². The molecule has 1 aromatic heterocycles. The molecule has 0 amide bonds. The summed E-state index contributed by atoms with van der Waals surface area (Å²) in [6.45, 7) is 1.81. The number of rotatable bonds is 7. The molecule has 4 aromatic rings. The van der Waals surface area contributed by atoms with Gasteiger partial charge in [0.25, 0.3) is 10.0 Å². The highest BCUT2D eigenvalue weighted by Gasteiger charge is 2.22. The number of anilines is 1. The summed E-state index contributed by atoms with van der Waals surface area (Å²) in [5.74, 6) is -1.12. The molecule has 0 fully saturated rings. The Bertz CT molecular complexity index is 1460. The third-order valence-corrected chi connectivity index (χ3v) is 6.60. The van der Waals surface area contributed by atoms with E-state index in [9.17, 15) is 17.6 Å². The van der Waals surface area contributed by atoms with E-state index in [1.54, 1.807) is 30.3 Å². The van der Waals surface area contributed by atoms with E-state index in [2.05, 4.69) is 20.2 Å². The summed E-state index contributed by atoms with van der Waals surface area (Å²) in [5, 5.41) is 11.0. The number of hydrogen-bond donors (Lipinski definition) is 1. The molecule has 0 spiro atoms. The van der Waals surface area contributed by atoms with Crippen LogP contribution in [0.15, 0.2) is 71.9 Å². The van der Waals surface area contributed by atoms with Crippen LogP contribution in [-0.4, -0.2) is 41.7 Å². The number of hydrogen-bond acceptors (Lipinski definition) is 7. The van der Waals surface area contributed by atoms with Crippen molar-refractivity contribution in [3.8, 4) is 16.8 Å². The molecule has 0 unspecified atom stereocenters. The standard InChI is InChI=1S/C23H20FN5O4S/c1-3-15-7-8-17(23(30)33-2)12-22(15)34(31,32)26-21-13-19(29-14-25-27-28-29)9-10-20(21)16-5-4-6-18(24)11-16/h4-14,26H,3H2,1-2H3. The van der Waals surface area contributed by atoms with Crippen molar-refractivity contribution in [1.82, 2.24) is 20.2 Å². The van der Waals surface area contributed by atoms with Gasteiger partial charge in [-0.25, -0.2) is 22.3 Å². The van der Waals surface area contributed by atoms with Gasteiger partial charge in [-0.15, -0.1) is 5.10 Å². The Hall–Kier alpha value is -4.12. The predicted molar refractivity (Wildman–Crippen MR) is 123 cm³/mol. The molecule has 4 rings (SSSR count). The Kier molecular flexibility index (Phi) is 6.37. The zero-order chi connectivity index (χ0) is 24.3. The van der Waals surface area contributed by atoms with Crippen LogP contribution in [0.1, 0.15) is 22.8 Å². The lowest BCUT2D eigenvalue weighted by Gasteiger charge is -2.16. The van der Waals surface area contributed by atoms with E-state index in [-0.39, 0.29) is 16.1 Å². The number of ether oxygens (including phenoxy) is 1. The summed E-state index contributed by atoms with van der Waals surface area (Å²) in [4.78, 5) is 11.9. The smallest absolute Gasteiger partial charge is 0.337 e. The van der Waals surface area contributed by atoms with E-state index in [4.69, 9.17) is 4.74 Å². The van der Waals surface area contributed by atoms with Gasteiger partial charge in [-0.2, -0.15) is 0 Å². The number of halogens is 1. The van der Waals surface area contributed by atoms with Crippen LogP contribution in [0.2, 0.25) is 0 Å². The Labute approximate surface area is 195 Å². The van der Waals surface area contributed by atoms with Gasteiger partial charge >= 0.3 is 5.97 Å². The summed E-state index contributed by atoms with van der Waals surface area (Å²) < 4.78 is 49.6. The number of aromatic nitrogens is 4. The molecule has 1 N–H and O–H groups in total. The van der Waals surface area contributed by atoms with Crippen molar-refractivity contribution in [2.75, 3.05) is 11.8 Å². The van der Waals surface area contributed by atoms with Gasteiger partial charge in [-0.05, 0) is 64.4 Å². The maximum atomic E-state index is 13.9. The quantitative estimate of drug-likeness (QED) is 0.401. The van der Waals surface area contributed by atoms with Gasteiger partial charge in [-0.3, -0.25) is 4.72 Å². The van der Waals surface area contributed by atoms with Gasteiger partial charge in [0, 0.05) is 5.56 Å². The van der Waals surface area contributed by atoms with Gasteiger partial charge in [0.2, 0.25) is 0 Å². The Balaban J connectivity index is 1.85. The summed E-state index contributed by atoms with van der Waals surface area (Å²) in [7, 11) is -2.94. The summed E-state index contributed by atoms with van der Waals surface area (Å²) >= 11 is 0. The second-order valence-corrected chi connectivity index (χ2v) is 8.92. The van der Waals surface area contributed by atoms with E-state index in [1.165, 1.54) is 48.5 Å². The van der Waals surface area contributed by atoms with Crippen molar-refractivity contribution in [2.45, 2.75) is 18.2 Å². The lowest BCUT2D eigenvalue weighted by atomic mass is 10.0. The van der Waals surface area contributed by atoms with Crippen LogP contribution in [0.4, 0.5) is 10.1 Å². The number of carbonyl (C=O) groups excluding carboxylic acids is 1. The molecule has 3 aromatic carbocycles. The molecule has 0 bridgehead atoms. The maximum absolute atomic E-state index is 13.9. The van der Waals surface area contributed by atoms with E-state index >= 15 is 0 Å². The molecule has 9 nitrogen and oxygen atoms in total. The maximum Gasteiger partial charge on any atom is 0.337 e. The zero-order valence-corrected chi connectivity index (χ0v) is 19.1. The van der Waals surface area contributed by atoms with Crippen molar-refractivity contribution in [3.63, 3.8) is 0 Å². The number of nitrogens with zero attached hydrogens (tertiary/aromatic N) is 4. The normalized spacial score (nSPS) is 11.3. The molecule has 0 aliphatic rings. The van der Waals surface area contributed by atoms with Crippen LogP contribution in [0, 0.1) is 5.82 Å². The van der Waals surface area contributed by atoms with Crippen LogP contribution in [0.25, 0.3) is 16.8 Å². The highest BCUT2D eigenvalue weighted by atomic mass is 32.2. The Morgan fingerprint density at radius 3 is 2.62 bits per heavy atom. The summed E-state index contributed by atoms with van der Waals surface area (Å²) in [6.07, 6.45) is 1.78. The molecule has 34 heavy (non-hydrogen) atoms. The fourth-order valence-electron chi connectivity index (χ4n) is 3.49. The van der Waals surface area contributed by atoms with Gasteiger partial charge < -0.3 is 4.74 Å². The lowest BCUT2D eigenvalue weighted by Crippen LogP contribution is -2.17. The number of carbonyl (C=O) groups is 1. The fourth-order valence-corrected chi connectivity index (χ4v) is 4.90. The fraction of sp³-hybridized carbons (Fsp3) is 0.130. The van der Waals surface area contributed by atoms with Gasteiger partial charge in [0.15, 0.2) is 0 Å². The molecular weight excluding hydrogens is 461 g/mol. The molecule has 174 valence electrons. The number of benzene rings is 3. The number of sulfonamides is 1. The monoisotopic (exact) mass is 481 g/mol. The molecule has 1 heterocycles. The molecule has 0 aliphatic heterocycles. The highest BCUT2D eigenvalue weighted by Crippen LogP contribution is 2.33. The topological polar surface area (TPSA) is 116 Å². The SMILES string of the molecule is CCc1ccc(C(=O)OC)cc1S(=O)(=O)Nc1cc(-n2cnnn2)ccc1-c1cccc(F)c1. The number of esters is 1. The first-order valence-corrected chi connectivity index (χ1v) is 11.7. The first kappa shape index (κ1) is 23.1. The minimum Gasteiger partial charge on any atom is -0.465 e. The first-order chi connectivity index (χ1) is 16.3. The van der Waals surface area contributed by atoms with E-state index < -0.39 is 21.8 Å². The van der Waals surface area contributed by atoms with Crippen molar-refractivity contribution in [3.05, 3.63) is 83.9 Å². The highest BCUT2D eigenvalue weighted by molar-refractivity contribution is 7.92. The van der Waals surface area contributed by atoms with Crippen LogP contribution in [-0.2, 0) is 21.2 Å². The lowest BCUT2D eigenvalue weighted by molar-refractivity contribution is 0.0600. The number of methoxy groups -OCH3 is 1. The second kappa shape index (κ2) is 9.40. The van der Waals surface area contributed by atoms with Gasteiger partial charge in [-0.1, -0.05) is 31.2 Å². The summed E-state index contributed by atoms with van der Waals surface area (Å²) in [6, 6.07) is 15.1. The largest absolute Gasteiger partial charge is 0.465 e. The predicted octanol–water partition coefficient (Wildman–Crippen LogP) is 3.62. The van der Waals surface area contributed by atoms with Crippen molar-refractivity contribution in [2.24, 2.45) is 0 Å². The average Bonchev–Trinajstić information content (AvgIpc) is 3.38. The molecule has 0 saturated heterocycles. The third-order valence-electron chi connectivity index (χ3n) is 5.16. The van der Waals surface area contributed by atoms with E-state index in [0.29, 0.717) is 28.8 Å². The average molecular weight is 482 g/mol. The summed E-state index contributed by atoms with van der Waals surface area (Å²) in [5.41, 5.74) is 2.21. The molecular formula is C23H20FN5O4S. The van der Waals surface area contributed by atoms with Crippen LogP contribution < -0.4 is 4.72 Å². The van der Waals surface area contributed by atoms with Crippen LogP contribution in [0.5, 0.6) is 0 Å². The molecule has 0 radical (unpaired) electrons. The number of tetrazole rings is 1. The minimum absolute atomic E-state index is 0.0593. The molecule has 0 saturated carbocycles. The van der Waals surface area contributed by atoms with Crippen LogP contribution >= 0.6 is 0 Å². The van der Waals surface area contributed by atoms with E-state index in [0.717, 1.165) is 0 Å². The van der Waals surface area contributed by atoms with E-state index in [1.807, 2.05) is 6.92 Å². The van der Waals surface area contributed by atoms with Crippen molar-refractivity contribution >= 4 is 21.7 Å². The zero-order valence-electron chi connectivity index (χ0n) is 18.3. The Morgan fingerprint density at radius 2 is 1.94 bits per heavy atom. The van der Waals surface area contributed by atoms with Crippen molar-refractivity contribution < 1.29 is 22.3 Å².